The highest BCUT2D eigenvalue weighted by atomic mass is 16.5. The number of hydrogen-bond acceptors (Lipinski definition) is 4. The number of rotatable bonds is 5. The lowest BCUT2D eigenvalue weighted by Gasteiger charge is -2.25. The van der Waals surface area contributed by atoms with Crippen LogP contribution < -0.4 is 9.47 Å². The number of nitrogens with zero attached hydrogens (tertiary/aromatic N) is 1. The van der Waals surface area contributed by atoms with Crippen LogP contribution in [0.25, 0.3) is 6.08 Å². The van der Waals surface area contributed by atoms with Gasteiger partial charge in [0.25, 0.3) is 0 Å². The van der Waals surface area contributed by atoms with Crippen LogP contribution in [0.15, 0.2) is 23.8 Å². The Balaban J connectivity index is 2.26. The van der Waals surface area contributed by atoms with Crippen LogP contribution in [0.4, 0.5) is 0 Å². The molecule has 0 bridgehead atoms. The Morgan fingerprint density at radius 2 is 1.91 bits per heavy atom. The predicted molar refractivity (Wildman–Crippen MR) is 88.4 cm³/mol. The summed E-state index contributed by atoms with van der Waals surface area (Å²) >= 11 is 0. The molecule has 1 aromatic rings. The SMILES string of the molecule is COc1ccc(C=C2CCC(C)(CN(C)C)C2=O)cc1OC. The van der Waals surface area contributed by atoms with Gasteiger partial charge >= 0.3 is 0 Å². The molecule has 0 saturated heterocycles. The number of benzene rings is 1. The van der Waals surface area contributed by atoms with Crippen molar-refractivity contribution < 1.29 is 14.3 Å². The molecule has 1 atom stereocenters. The van der Waals surface area contributed by atoms with E-state index in [-0.39, 0.29) is 11.2 Å². The summed E-state index contributed by atoms with van der Waals surface area (Å²) in [4.78, 5) is 14.8. The molecule has 0 aromatic heterocycles. The van der Waals surface area contributed by atoms with Crippen molar-refractivity contribution in [2.75, 3.05) is 34.9 Å². The first-order valence-corrected chi connectivity index (χ1v) is 7.52. The second-order valence-electron chi connectivity index (χ2n) is 6.41. The number of methoxy groups -OCH3 is 2. The number of ether oxygens (including phenoxy) is 2. The summed E-state index contributed by atoms with van der Waals surface area (Å²) in [5.74, 6) is 1.63. The molecule has 0 N–H and O–H groups in total. The normalized spacial score (nSPS) is 23.4. The van der Waals surface area contributed by atoms with Gasteiger partial charge in [0.2, 0.25) is 0 Å². The van der Waals surface area contributed by atoms with E-state index in [1.165, 1.54) is 0 Å². The highest BCUT2D eigenvalue weighted by Gasteiger charge is 2.40. The van der Waals surface area contributed by atoms with Crippen LogP contribution in [-0.2, 0) is 4.79 Å². The van der Waals surface area contributed by atoms with Gasteiger partial charge in [-0.25, -0.2) is 0 Å². The maximum absolute atomic E-state index is 12.7. The first kappa shape index (κ1) is 16.6. The zero-order valence-corrected chi connectivity index (χ0v) is 14.1. The minimum atomic E-state index is -0.272. The molecule has 1 fully saturated rings. The molecule has 120 valence electrons. The number of ketones is 1. The quantitative estimate of drug-likeness (QED) is 0.784. The standard InChI is InChI=1S/C18H25NO3/c1-18(12-19(2)3)9-8-14(17(18)20)10-13-6-7-15(21-4)16(11-13)22-5/h6-7,10-11H,8-9,12H2,1-5H3. The van der Waals surface area contributed by atoms with Crippen LogP contribution in [0, 0.1) is 5.41 Å². The van der Waals surface area contributed by atoms with Gasteiger partial charge < -0.3 is 14.4 Å². The van der Waals surface area contributed by atoms with Gasteiger partial charge in [0.1, 0.15) is 0 Å². The van der Waals surface area contributed by atoms with Gasteiger partial charge in [-0.2, -0.15) is 0 Å². The molecule has 4 heteroatoms. The summed E-state index contributed by atoms with van der Waals surface area (Å²) in [6.45, 7) is 2.85. The molecule has 0 amide bonds. The van der Waals surface area contributed by atoms with E-state index in [4.69, 9.17) is 9.47 Å². The second-order valence-corrected chi connectivity index (χ2v) is 6.41. The molecular formula is C18H25NO3. The van der Waals surface area contributed by atoms with Crippen LogP contribution in [0.1, 0.15) is 25.3 Å². The lowest BCUT2D eigenvalue weighted by molar-refractivity contribution is -0.122. The van der Waals surface area contributed by atoms with Crippen molar-refractivity contribution in [3.63, 3.8) is 0 Å². The first-order valence-electron chi connectivity index (χ1n) is 7.52. The maximum atomic E-state index is 12.7. The van der Waals surface area contributed by atoms with Crippen molar-refractivity contribution in [2.24, 2.45) is 5.41 Å². The highest BCUT2D eigenvalue weighted by Crippen LogP contribution is 2.39. The Morgan fingerprint density at radius 1 is 1.23 bits per heavy atom. The topological polar surface area (TPSA) is 38.8 Å². The molecule has 0 radical (unpaired) electrons. The zero-order valence-electron chi connectivity index (χ0n) is 14.1. The molecule has 22 heavy (non-hydrogen) atoms. The van der Waals surface area contributed by atoms with Crippen LogP contribution >= 0.6 is 0 Å². The van der Waals surface area contributed by atoms with E-state index in [9.17, 15) is 4.79 Å². The van der Waals surface area contributed by atoms with E-state index in [1.54, 1.807) is 14.2 Å². The van der Waals surface area contributed by atoms with E-state index in [0.29, 0.717) is 11.5 Å². The number of hydrogen-bond donors (Lipinski definition) is 0. The largest absolute Gasteiger partial charge is 0.493 e. The summed E-state index contributed by atoms with van der Waals surface area (Å²) in [5, 5.41) is 0. The van der Waals surface area contributed by atoms with Crippen molar-refractivity contribution in [1.82, 2.24) is 4.90 Å². The van der Waals surface area contributed by atoms with E-state index in [1.807, 2.05) is 38.4 Å². The Hall–Kier alpha value is -1.81. The fourth-order valence-corrected chi connectivity index (χ4v) is 3.16. The molecule has 0 aliphatic heterocycles. The van der Waals surface area contributed by atoms with Crippen LogP contribution in [0.3, 0.4) is 0 Å². The lowest BCUT2D eigenvalue weighted by Crippen LogP contribution is -2.34. The van der Waals surface area contributed by atoms with Crippen molar-refractivity contribution in [3.8, 4) is 11.5 Å². The molecule has 0 heterocycles. The molecule has 2 rings (SSSR count). The number of Topliss-reactive ketones (excluding diaryl/α,β-unsaturated/α-hetero) is 1. The van der Waals surface area contributed by atoms with Crippen molar-refractivity contribution in [3.05, 3.63) is 29.3 Å². The monoisotopic (exact) mass is 303 g/mol. The molecule has 1 aliphatic rings. The van der Waals surface area contributed by atoms with Crippen LogP contribution in [0.2, 0.25) is 0 Å². The van der Waals surface area contributed by atoms with Gasteiger partial charge in [-0.3, -0.25) is 4.79 Å². The third-order valence-corrected chi connectivity index (χ3v) is 4.20. The summed E-state index contributed by atoms with van der Waals surface area (Å²) in [6.07, 6.45) is 3.71. The van der Waals surface area contributed by atoms with Crippen molar-refractivity contribution >= 4 is 11.9 Å². The van der Waals surface area contributed by atoms with Gasteiger partial charge in [-0.15, -0.1) is 0 Å². The molecule has 1 unspecified atom stereocenters. The van der Waals surface area contributed by atoms with Gasteiger partial charge in [0.15, 0.2) is 17.3 Å². The highest BCUT2D eigenvalue weighted by molar-refractivity contribution is 6.05. The molecule has 4 nitrogen and oxygen atoms in total. The van der Waals surface area contributed by atoms with Gasteiger partial charge in [-0.05, 0) is 56.3 Å². The first-order chi connectivity index (χ1) is 10.4. The summed E-state index contributed by atoms with van der Waals surface area (Å²) < 4.78 is 10.6. The molecule has 1 aliphatic carbocycles. The second kappa shape index (κ2) is 6.53. The number of carbonyl (C=O) groups excluding carboxylic acids is 1. The predicted octanol–water partition coefficient (Wildman–Crippen LogP) is 3.02. The summed E-state index contributed by atoms with van der Waals surface area (Å²) in [6, 6.07) is 5.72. The third kappa shape index (κ3) is 3.33. The average Bonchev–Trinajstić information content (AvgIpc) is 2.74. The molecule has 1 saturated carbocycles. The van der Waals surface area contributed by atoms with Gasteiger partial charge in [0.05, 0.1) is 14.2 Å². The fraction of sp³-hybridized carbons (Fsp3) is 0.500. The number of allylic oxidation sites excluding steroid dienone is 1. The maximum Gasteiger partial charge on any atom is 0.166 e. The van der Waals surface area contributed by atoms with Crippen molar-refractivity contribution in [1.29, 1.82) is 0 Å². The minimum Gasteiger partial charge on any atom is -0.493 e. The van der Waals surface area contributed by atoms with Crippen LogP contribution in [0.5, 0.6) is 11.5 Å². The van der Waals surface area contributed by atoms with E-state index < -0.39 is 0 Å². The van der Waals surface area contributed by atoms with E-state index in [2.05, 4.69) is 11.8 Å². The average molecular weight is 303 g/mol. The zero-order chi connectivity index (χ0) is 16.3. The fourth-order valence-electron chi connectivity index (χ4n) is 3.16. The Labute approximate surface area is 132 Å². The molecular weight excluding hydrogens is 278 g/mol. The van der Waals surface area contributed by atoms with E-state index in [0.717, 1.165) is 30.5 Å². The summed E-state index contributed by atoms with van der Waals surface area (Å²) in [5.41, 5.74) is 1.60. The minimum absolute atomic E-state index is 0.260. The van der Waals surface area contributed by atoms with Crippen LogP contribution in [-0.4, -0.2) is 45.5 Å². The van der Waals surface area contributed by atoms with E-state index >= 15 is 0 Å². The Bertz CT molecular complexity index is 592. The Morgan fingerprint density at radius 3 is 2.50 bits per heavy atom. The third-order valence-electron chi connectivity index (χ3n) is 4.20. The van der Waals surface area contributed by atoms with Crippen molar-refractivity contribution in [2.45, 2.75) is 19.8 Å². The Kier molecular flexibility index (Phi) is 4.91. The van der Waals surface area contributed by atoms with Gasteiger partial charge in [-0.1, -0.05) is 13.0 Å². The van der Waals surface area contributed by atoms with Gasteiger partial charge in [0, 0.05) is 12.0 Å². The molecule has 1 aromatic carbocycles. The lowest BCUT2D eigenvalue weighted by atomic mass is 9.86. The summed E-state index contributed by atoms with van der Waals surface area (Å²) in [7, 11) is 7.25. The molecule has 0 spiro atoms. The number of carbonyl (C=O) groups is 1. The smallest absolute Gasteiger partial charge is 0.166 e.